The summed E-state index contributed by atoms with van der Waals surface area (Å²) in [6.45, 7) is 2.41. The maximum absolute atomic E-state index is 5.57. The second-order valence-electron chi connectivity index (χ2n) is 5.50. The molecule has 1 aromatic carbocycles. The highest BCUT2D eigenvalue weighted by Gasteiger charge is 2.37. The van der Waals surface area contributed by atoms with Gasteiger partial charge in [0.2, 0.25) is 0 Å². The molecule has 4 heteroatoms. The molecule has 2 unspecified atom stereocenters. The van der Waals surface area contributed by atoms with E-state index in [1.165, 1.54) is 30.6 Å². The monoisotopic (exact) mass is 283 g/mol. The molecule has 0 bridgehead atoms. The molecule has 1 aliphatic carbocycles. The van der Waals surface area contributed by atoms with E-state index in [1.54, 1.807) is 14.2 Å². The Morgan fingerprint density at radius 1 is 1.16 bits per heavy atom. The van der Waals surface area contributed by atoms with E-state index in [-0.39, 0.29) is 12.4 Å². The molecule has 0 spiro atoms. The number of ether oxygens (including phenoxy) is 2. The van der Waals surface area contributed by atoms with Gasteiger partial charge in [-0.3, -0.25) is 0 Å². The predicted molar refractivity (Wildman–Crippen MR) is 78.8 cm³/mol. The number of benzene rings is 1. The Hall–Kier alpha value is -0.930. The molecule has 106 valence electrons. The van der Waals surface area contributed by atoms with Crippen molar-refractivity contribution in [3.63, 3.8) is 0 Å². The third kappa shape index (κ3) is 2.30. The van der Waals surface area contributed by atoms with Gasteiger partial charge in [-0.05, 0) is 37.4 Å². The van der Waals surface area contributed by atoms with Crippen LogP contribution in [0, 0.1) is 5.92 Å². The number of nitrogens with zero attached hydrogens (tertiary/aromatic N) is 1. The van der Waals surface area contributed by atoms with Crippen LogP contribution in [-0.2, 0) is 6.42 Å². The van der Waals surface area contributed by atoms with Gasteiger partial charge in [0.25, 0.3) is 0 Å². The van der Waals surface area contributed by atoms with Crippen molar-refractivity contribution in [1.82, 2.24) is 4.90 Å². The molecule has 1 heterocycles. The van der Waals surface area contributed by atoms with Gasteiger partial charge in [0.15, 0.2) is 11.5 Å². The van der Waals surface area contributed by atoms with E-state index in [1.807, 2.05) is 0 Å². The van der Waals surface area contributed by atoms with Crippen molar-refractivity contribution in [3.8, 4) is 11.5 Å². The Labute approximate surface area is 121 Å². The minimum Gasteiger partial charge on any atom is -0.493 e. The maximum Gasteiger partial charge on any atom is 0.164 e. The second kappa shape index (κ2) is 5.59. The first-order chi connectivity index (χ1) is 8.74. The SMILES string of the molecule is COc1ccc2c(c1OC)CCC1CN(C)CC21.Cl. The highest BCUT2D eigenvalue weighted by molar-refractivity contribution is 5.85. The second-order valence-corrected chi connectivity index (χ2v) is 5.50. The Morgan fingerprint density at radius 3 is 2.63 bits per heavy atom. The molecule has 2 aliphatic rings. The minimum atomic E-state index is 0. The van der Waals surface area contributed by atoms with E-state index in [0.717, 1.165) is 23.8 Å². The molecular weight excluding hydrogens is 262 g/mol. The molecule has 1 fully saturated rings. The van der Waals surface area contributed by atoms with E-state index >= 15 is 0 Å². The smallest absolute Gasteiger partial charge is 0.164 e. The van der Waals surface area contributed by atoms with E-state index < -0.39 is 0 Å². The van der Waals surface area contributed by atoms with Gasteiger partial charge in [-0.15, -0.1) is 12.4 Å². The average Bonchev–Trinajstić information content (AvgIpc) is 2.77. The third-order valence-corrected chi connectivity index (χ3v) is 4.47. The number of likely N-dealkylation sites (tertiary alicyclic amines) is 1. The van der Waals surface area contributed by atoms with Gasteiger partial charge in [-0.25, -0.2) is 0 Å². The number of likely N-dealkylation sites (N-methyl/N-ethyl adjacent to an activating group) is 1. The number of rotatable bonds is 2. The molecule has 3 nitrogen and oxygen atoms in total. The molecule has 1 saturated heterocycles. The van der Waals surface area contributed by atoms with Crippen molar-refractivity contribution in [3.05, 3.63) is 23.3 Å². The summed E-state index contributed by atoms with van der Waals surface area (Å²) in [5, 5.41) is 0. The van der Waals surface area contributed by atoms with Crippen molar-refractivity contribution in [2.24, 2.45) is 5.92 Å². The van der Waals surface area contributed by atoms with Gasteiger partial charge >= 0.3 is 0 Å². The first kappa shape index (κ1) is 14.5. The molecule has 0 N–H and O–H groups in total. The number of methoxy groups -OCH3 is 2. The zero-order chi connectivity index (χ0) is 12.7. The Morgan fingerprint density at radius 2 is 1.95 bits per heavy atom. The molecule has 0 saturated carbocycles. The largest absolute Gasteiger partial charge is 0.493 e. The zero-order valence-corrected chi connectivity index (χ0v) is 12.6. The van der Waals surface area contributed by atoms with Crippen LogP contribution in [0.4, 0.5) is 0 Å². The van der Waals surface area contributed by atoms with E-state index in [2.05, 4.69) is 24.1 Å². The van der Waals surface area contributed by atoms with Crippen molar-refractivity contribution in [1.29, 1.82) is 0 Å². The zero-order valence-electron chi connectivity index (χ0n) is 11.8. The van der Waals surface area contributed by atoms with Gasteiger partial charge in [-0.2, -0.15) is 0 Å². The van der Waals surface area contributed by atoms with Crippen LogP contribution in [0.1, 0.15) is 23.5 Å². The summed E-state index contributed by atoms with van der Waals surface area (Å²) in [6, 6.07) is 4.30. The Bertz CT molecular complexity index is 464. The van der Waals surface area contributed by atoms with Crippen molar-refractivity contribution in [2.45, 2.75) is 18.8 Å². The fourth-order valence-electron chi connectivity index (χ4n) is 3.67. The predicted octanol–water partition coefficient (Wildman–Crippen LogP) is 2.72. The molecule has 0 amide bonds. The van der Waals surface area contributed by atoms with Gasteiger partial charge in [0, 0.05) is 24.6 Å². The van der Waals surface area contributed by atoms with E-state index in [0.29, 0.717) is 5.92 Å². The molecule has 19 heavy (non-hydrogen) atoms. The van der Waals surface area contributed by atoms with Gasteiger partial charge < -0.3 is 14.4 Å². The fourth-order valence-corrected chi connectivity index (χ4v) is 3.67. The molecule has 3 rings (SSSR count). The van der Waals surface area contributed by atoms with Gasteiger partial charge in [0.1, 0.15) is 0 Å². The van der Waals surface area contributed by atoms with Crippen LogP contribution in [0.3, 0.4) is 0 Å². The summed E-state index contributed by atoms with van der Waals surface area (Å²) in [6.07, 6.45) is 2.39. The highest BCUT2D eigenvalue weighted by Crippen LogP contribution is 2.46. The van der Waals surface area contributed by atoms with Crippen LogP contribution in [0.2, 0.25) is 0 Å². The van der Waals surface area contributed by atoms with Crippen molar-refractivity contribution < 1.29 is 9.47 Å². The molecule has 1 aromatic rings. The van der Waals surface area contributed by atoms with Crippen LogP contribution in [-0.4, -0.2) is 39.3 Å². The summed E-state index contributed by atoms with van der Waals surface area (Å²) in [5.74, 6) is 3.31. The van der Waals surface area contributed by atoms with Crippen molar-refractivity contribution >= 4 is 12.4 Å². The normalized spacial score (nSPS) is 25.2. The third-order valence-electron chi connectivity index (χ3n) is 4.47. The number of hydrogen-bond donors (Lipinski definition) is 0. The van der Waals surface area contributed by atoms with Crippen LogP contribution < -0.4 is 9.47 Å². The molecule has 1 aliphatic heterocycles. The molecule has 2 atom stereocenters. The summed E-state index contributed by atoms with van der Waals surface area (Å²) >= 11 is 0. The number of hydrogen-bond acceptors (Lipinski definition) is 3. The lowest BCUT2D eigenvalue weighted by atomic mass is 9.76. The molecule has 0 radical (unpaired) electrons. The fraction of sp³-hybridized carbons (Fsp3) is 0.600. The number of halogens is 1. The lowest BCUT2D eigenvalue weighted by molar-refractivity contribution is 0.343. The standard InChI is InChI=1S/C15H21NO2.ClH/c1-16-8-10-4-5-12-11(13(10)9-16)6-7-14(17-2)15(12)18-3;/h6-7,10,13H,4-5,8-9H2,1-3H3;1H. The highest BCUT2D eigenvalue weighted by atomic mass is 35.5. The first-order valence-electron chi connectivity index (χ1n) is 6.67. The van der Waals surface area contributed by atoms with Gasteiger partial charge in [-0.1, -0.05) is 6.07 Å². The average molecular weight is 284 g/mol. The Balaban J connectivity index is 0.00000133. The summed E-state index contributed by atoms with van der Waals surface area (Å²) < 4.78 is 11.0. The van der Waals surface area contributed by atoms with Crippen LogP contribution in [0.25, 0.3) is 0 Å². The Kier molecular flexibility index (Phi) is 4.26. The lowest BCUT2D eigenvalue weighted by Crippen LogP contribution is -2.19. The summed E-state index contributed by atoms with van der Waals surface area (Å²) in [7, 11) is 5.67. The summed E-state index contributed by atoms with van der Waals surface area (Å²) in [5.41, 5.74) is 2.85. The molecular formula is C15H22ClNO2. The first-order valence-corrected chi connectivity index (χ1v) is 6.67. The van der Waals surface area contributed by atoms with Crippen LogP contribution in [0.5, 0.6) is 11.5 Å². The van der Waals surface area contributed by atoms with E-state index in [4.69, 9.17) is 9.47 Å². The number of fused-ring (bicyclic) bond motifs is 3. The van der Waals surface area contributed by atoms with Crippen molar-refractivity contribution in [2.75, 3.05) is 34.4 Å². The quantitative estimate of drug-likeness (QED) is 0.833. The van der Waals surface area contributed by atoms with Crippen LogP contribution in [0.15, 0.2) is 12.1 Å². The molecule has 0 aromatic heterocycles. The van der Waals surface area contributed by atoms with E-state index in [9.17, 15) is 0 Å². The topological polar surface area (TPSA) is 21.7 Å². The lowest BCUT2D eigenvalue weighted by Gasteiger charge is -2.29. The minimum absolute atomic E-state index is 0. The van der Waals surface area contributed by atoms with Gasteiger partial charge in [0.05, 0.1) is 14.2 Å². The maximum atomic E-state index is 5.57. The van der Waals surface area contributed by atoms with Crippen LogP contribution >= 0.6 is 12.4 Å². The summed E-state index contributed by atoms with van der Waals surface area (Å²) in [4.78, 5) is 2.45.